The van der Waals surface area contributed by atoms with Crippen molar-refractivity contribution in [2.45, 2.75) is 81.2 Å². The smallest absolute Gasteiger partial charge is 0.132 e. The fourth-order valence-electron chi connectivity index (χ4n) is 2.68. The van der Waals surface area contributed by atoms with Crippen LogP contribution in [-0.2, 0) is 4.74 Å². The van der Waals surface area contributed by atoms with Gasteiger partial charge >= 0.3 is 0 Å². The molecule has 6 nitrogen and oxygen atoms in total. The Labute approximate surface area is 142 Å². The zero-order valence-corrected chi connectivity index (χ0v) is 14.5. The minimum Gasteiger partial charge on any atom is -0.396 e. The summed E-state index contributed by atoms with van der Waals surface area (Å²) >= 11 is 1.42. The Morgan fingerprint density at radius 3 is 1.83 bits per heavy atom. The predicted octanol–water partition coefficient (Wildman–Crippen LogP) is 0.633. The lowest BCUT2D eigenvalue weighted by atomic mass is 10.0. The fourth-order valence-corrected chi connectivity index (χ4v) is 3.86. The van der Waals surface area contributed by atoms with Crippen molar-refractivity contribution in [3.63, 3.8) is 0 Å². The minimum absolute atomic E-state index is 0.287. The Morgan fingerprint density at radius 2 is 1.26 bits per heavy atom. The van der Waals surface area contributed by atoms with E-state index in [1.54, 1.807) is 0 Å². The quantitative estimate of drug-likeness (QED) is 0.328. The molecule has 0 aromatic carbocycles. The van der Waals surface area contributed by atoms with Crippen LogP contribution in [-0.4, -0.2) is 74.4 Å². The summed E-state index contributed by atoms with van der Waals surface area (Å²) in [6.45, 7) is -0.0898. The summed E-state index contributed by atoms with van der Waals surface area (Å²) in [5.74, 6) is 0.813. The highest BCUT2D eigenvalue weighted by Crippen LogP contribution is 2.29. The van der Waals surface area contributed by atoms with Crippen LogP contribution >= 0.6 is 11.8 Å². The maximum absolute atomic E-state index is 9.91. The average Bonchev–Trinajstić information content (AvgIpc) is 2.56. The van der Waals surface area contributed by atoms with Crippen molar-refractivity contribution in [2.24, 2.45) is 0 Å². The van der Waals surface area contributed by atoms with Gasteiger partial charge in [0.15, 0.2) is 0 Å². The van der Waals surface area contributed by atoms with Gasteiger partial charge in [-0.05, 0) is 18.6 Å². The van der Waals surface area contributed by atoms with E-state index in [0.717, 1.165) is 31.4 Å². The maximum atomic E-state index is 9.91. The summed E-state index contributed by atoms with van der Waals surface area (Å²) in [7, 11) is 0. The Hall–Kier alpha value is 0.110. The lowest BCUT2D eigenvalue weighted by Crippen LogP contribution is -2.57. The highest BCUT2D eigenvalue weighted by Gasteiger charge is 2.43. The number of hydrogen-bond donors (Lipinski definition) is 5. The molecule has 1 heterocycles. The van der Waals surface area contributed by atoms with E-state index in [0.29, 0.717) is 0 Å². The molecule has 0 saturated carbocycles. The Kier molecular flexibility index (Phi) is 11.5. The van der Waals surface area contributed by atoms with Crippen LogP contribution in [0.4, 0.5) is 0 Å². The second-order valence-corrected chi connectivity index (χ2v) is 7.33. The zero-order chi connectivity index (χ0) is 17.1. The second-order valence-electron chi connectivity index (χ2n) is 6.12. The van der Waals surface area contributed by atoms with Crippen molar-refractivity contribution >= 4 is 11.8 Å². The molecule has 1 rings (SSSR count). The van der Waals surface area contributed by atoms with Crippen molar-refractivity contribution in [1.29, 1.82) is 0 Å². The molecule has 0 aliphatic carbocycles. The Balaban J connectivity index is 2.06. The van der Waals surface area contributed by atoms with E-state index in [-0.39, 0.29) is 13.2 Å². The summed E-state index contributed by atoms with van der Waals surface area (Å²) < 4.78 is 5.45. The lowest BCUT2D eigenvalue weighted by Gasteiger charge is -2.39. The normalized spacial score (nSPS) is 31.4. The molecule has 1 aliphatic rings. The van der Waals surface area contributed by atoms with Crippen LogP contribution in [0.3, 0.4) is 0 Å². The number of thioether (sulfide) groups is 1. The summed E-state index contributed by atoms with van der Waals surface area (Å²) in [6.07, 6.45) is 4.38. The number of aliphatic hydroxyl groups is 5. The molecule has 23 heavy (non-hydrogen) atoms. The van der Waals surface area contributed by atoms with Gasteiger partial charge in [-0.15, -0.1) is 11.8 Å². The van der Waals surface area contributed by atoms with Gasteiger partial charge in [-0.3, -0.25) is 0 Å². The van der Waals surface area contributed by atoms with Crippen LogP contribution in [0.2, 0.25) is 0 Å². The van der Waals surface area contributed by atoms with Gasteiger partial charge in [0.25, 0.3) is 0 Å². The van der Waals surface area contributed by atoms with E-state index < -0.39 is 29.9 Å². The summed E-state index contributed by atoms with van der Waals surface area (Å²) in [5, 5.41) is 47.1. The van der Waals surface area contributed by atoms with E-state index in [1.807, 2.05) is 0 Å². The third-order valence-corrected chi connectivity index (χ3v) is 5.43. The van der Waals surface area contributed by atoms with Crippen molar-refractivity contribution in [2.75, 3.05) is 19.0 Å². The lowest BCUT2D eigenvalue weighted by molar-refractivity contribution is -0.205. The number of aliphatic hydroxyl groups excluding tert-OH is 5. The number of hydrogen-bond acceptors (Lipinski definition) is 7. The van der Waals surface area contributed by atoms with Gasteiger partial charge in [0.1, 0.15) is 29.9 Å². The van der Waals surface area contributed by atoms with Gasteiger partial charge < -0.3 is 30.3 Å². The molecule has 0 bridgehead atoms. The molecule has 5 atom stereocenters. The summed E-state index contributed by atoms with van der Waals surface area (Å²) in [5.41, 5.74) is -0.607. The first-order valence-corrected chi connectivity index (χ1v) is 9.69. The molecule has 0 aromatic rings. The van der Waals surface area contributed by atoms with Gasteiger partial charge in [-0.1, -0.05) is 38.5 Å². The topological polar surface area (TPSA) is 110 Å². The van der Waals surface area contributed by atoms with Crippen LogP contribution in [0.1, 0.15) is 51.4 Å². The fraction of sp³-hybridized carbons (Fsp3) is 1.00. The van der Waals surface area contributed by atoms with Gasteiger partial charge in [0, 0.05) is 6.61 Å². The van der Waals surface area contributed by atoms with Crippen LogP contribution in [0.25, 0.3) is 0 Å². The summed E-state index contributed by atoms with van der Waals surface area (Å²) in [6, 6.07) is 0. The first kappa shape index (κ1) is 21.2. The van der Waals surface area contributed by atoms with Crippen molar-refractivity contribution < 1.29 is 30.3 Å². The van der Waals surface area contributed by atoms with Gasteiger partial charge in [0.2, 0.25) is 0 Å². The Morgan fingerprint density at radius 1 is 0.696 bits per heavy atom. The van der Waals surface area contributed by atoms with E-state index in [4.69, 9.17) is 14.9 Å². The van der Waals surface area contributed by atoms with Gasteiger partial charge in [-0.25, -0.2) is 0 Å². The SMILES string of the molecule is OCCCCCCCCCCS[C@H]1O[C@H](CO)[C@H](O)[C@H](O)[C@H]1O. The van der Waals surface area contributed by atoms with Crippen LogP contribution in [0.5, 0.6) is 0 Å². The molecule has 7 heteroatoms. The molecule has 0 amide bonds. The zero-order valence-electron chi connectivity index (χ0n) is 13.7. The average molecular weight is 352 g/mol. The Bertz CT molecular complexity index is 292. The van der Waals surface area contributed by atoms with E-state index >= 15 is 0 Å². The molecule has 0 unspecified atom stereocenters. The molecule has 5 N–H and O–H groups in total. The molecular formula is C16H32O6S. The summed E-state index contributed by atoms with van der Waals surface area (Å²) in [4.78, 5) is 0. The standard InChI is InChI=1S/C16H32O6S/c17-9-7-5-3-1-2-4-6-8-10-23-16-15(21)14(20)13(19)12(11-18)22-16/h12-21H,1-11H2/t12-,13+,14+,15-,16-/m1/s1. The molecule has 1 fully saturated rings. The van der Waals surface area contributed by atoms with E-state index in [2.05, 4.69) is 0 Å². The van der Waals surface area contributed by atoms with Crippen LogP contribution in [0.15, 0.2) is 0 Å². The molecule has 0 aromatic heterocycles. The largest absolute Gasteiger partial charge is 0.396 e. The van der Waals surface area contributed by atoms with Crippen molar-refractivity contribution in [3.8, 4) is 0 Å². The molecule has 0 radical (unpaired) electrons. The molecular weight excluding hydrogens is 320 g/mol. The third kappa shape index (κ3) is 7.69. The van der Waals surface area contributed by atoms with E-state index in [9.17, 15) is 15.3 Å². The monoisotopic (exact) mass is 352 g/mol. The second kappa shape index (κ2) is 12.5. The minimum atomic E-state index is -1.28. The predicted molar refractivity (Wildman–Crippen MR) is 90.2 cm³/mol. The molecule has 1 aliphatic heterocycles. The molecule has 138 valence electrons. The number of unbranched alkanes of at least 4 members (excludes halogenated alkanes) is 7. The van der Waals surface area contributed by atoms with Gasteiger partial charge in [-0.2, -0.15) is 0 Å². The first-order chi connectivity index (χ1) is 11.1. The number of ether oxygens (including phenoxy) is 1. The van der Waals surface area contributed by atoms with Crippen LogP contribution < -0.4 is 0 Å². The van der Waals surface area contributed by atoms with Crippen LogP contribution in [0, 0.1) is 0 Å². The molecule has 0 spiro atoms. The van der Waals surface area contributed by atoms with Crippen molar-refractivity contribution in [3.05, 3.63) is 0 Å². The highest BCUT2D eigenvalue weighted by atomic mass is 32.2. The maximum Gasteiger partial charge on any atom is 0.132 e. The number of rotatable bonds is 12. The highest BCUT2D eigenvalue weighted by molar-refractivity contribution is 7.99. The van der Waals surface area contributed by atoms with E-state index in [1.165, 1.54) is 37.4 Å². The molecule has 1 saturated heterocycles. The first-order valence-electron chi connectivity index (χ1n) is 8.64. The van der Waals surface area contributed by atoms with Crippen molar-refractivity contribution in [1.82, 2.24) is 0 Å². The third-order valence-electron chi connectivity index (χ3n) is 4.18. The van der Waals surface area contributed by atoms with Gasteiger partial charge in [0.05, 0.1) is 6.61 Å².